The molecule has 2 fully saturated rings. The van der Waals surface area contributed by atoms with E-state index < -0.39 is 5.41 Å². The van der Waals surface area contributed by atoms with Crippen molar-refractivity contribution in [3.05, 3.63) is 35.6 Å². The van der Waals surface area contributed by atoms with Crippen LogP contribution in [-0.2, 0) is 15.0 Å². The molecule has 2 aliphatic rings. The van der Waals surface area contributed by atoms with Gasteiger partial charge in [0.25, 0.3) is 0 Å². The predicted molar refractivity (Wildman–Crippen MR) is 94.6 cm³/mol. The minimum atomic E-state index is -0.649. The van der Waals surface area contributed by atoms with Gasteiger partial charge in [-0.1, -0.05) is 37.8 Å². The Hall–Kier alpha value is -1.91. The molecule has 0 spiro atoms. The van der Waals surface area contributed by atoms with E-state index in [1.54, 1.807) is 6.07 Å². The van der Waals surface area contributed by atoms with Crippen LogP contribution in [0.5, 0.6) is 0 Å². The lowest BCUT2D eigenvalue weighted by molar-refractivity contribution is -0.127. The largest absolute Gasteiger partial charge is 0.355 e. The van der Waals surface area contributed by atoms with Crippen molar-refractivity contribution in [1.29, 1.82) is 0 Å². The quantitative estimate of drug-likeness (QED) is 0.831. The number of amides is 2. The molecule has 25 heavy (non-hydrogen) atoms. The lowest BCUT2D eigenvalue weighted by atomic mass is 9.78. The van der Waals surface area contributed by atoms with Gasteiger partial charge in [-0.15, -0.1) is 0 Å². The molecule has 0 saturated heterocycles. The molecule has 0 unspecified atom stereocenters. The third kappa shape index (κ3) is 4.20. The Labute approximate surface area is 148 Å². The molecule has 0 atom stereocenters. The van der Waals surface area contributed by atoms with Crippen LogP contribution in [0, 0.1) is 5.82 Å². The molecule has 0 radical (unpaired) electrons. The number of halogens is 1. The maximum atomic E-state index is 13.6. The molecule has 0 aromatic heterocycles. The number of carbonyl (C=O) groups excluding carboxylic acids is 2. The fraction of sp³-hybridized carbons (Fsp3) is 0.600. The molecule has 2 amide bonds. The van der Waals surface area contributed by atoms with Crippen LogP contribution < -0.4 is 10.6 Å². The van der Waals surface area contributed by atoms with Crippen molar-refractivity contribution in [3.8, 4) is 0 Å². The minimum absolute atomic E-state index is 0.00146. The fourth-order valence-electron chi connectivity index (χ4n) is 4.24. The van der Waals surface area contributed by atoms with Gasteiger partial charge in [-0.05, 0) is 43.4 Å². The van der Waals surface area contributed by atoms with E-state index in [1.807, 2.05) is 6.07 Å². The van der Waals surface area contributed by atoms with E-state index in [-0.39, 0.29) is 17.6 Å². The molecule has 5 heteroatoms. The fourth-order valence-corrected chi connectivity index (χ4v) is 4.24. The number of benzene rings is 1. The van der Waals surface area contributed by atoms with Gasteiger partial charge >= 0.3 is 0 Å². The highest BCUT2D eigenvalue weighted by molar-refractivity contribution is 5.89. The predicted octanol–water partition coefficient (Wildman–Crippen LogP) is 3.20. The van der Waals surface area contributed by atoms with Crippen molar-refractivity contribution in [2.45, 2.75) is 69.2 Å². The number of hydrogen-bond donors (Lipinski definition) is 2. The van der Waals surface area contributed by atoms with Crippen LogP contribution in [0.4, 0.5) is 4.39 Å². The van der Waals surface area contributed by atoms with Gasteiger partial charge in [0.2, 0.25) is 11.8 Å². The number of rotatable bonds is 6. The molecule has 4 nitrogen and oxygen atoms in total. The number of nitrogens with one attached hydrogen (secondary N) is 2. The zero-order valence-electron chi connectivity index (χ0n) is 14.7. The van der Waals surface area contributed by atoms with Crippen LogP contribution in [0.3, 0.4) is 0 Å². The third-order valence-corrected chi connectivity index (χ3v) is 5.63. The van der Waals surface area contributed by atoms with E-state index in [4.69, 9.17) is 0 Å². The molecule has 1 aromatic carbocycles. The smallest absolute Gasteiger partial charge is 0.230 e. The van der Waals surface area contributed by atoms with Gasteiger partial charge in [-0.2, -0.15) is 0 Å². The van der Waals surface area contributed by atoms with Gasteiger partial charge < -0.3 is 10.6 Å². The van der Waals surface area contributed by atoms with Gasteiger partial charge in [0, 0.05) is 19.0 Å². The van der Waals surface area contributed by atoms with Crippen molar-refractivity contribution in [3.63, 3.8) is 0 Å². The van der Waals surface area contributed by atoms with E-state index >= 15 is 0 Å². The second-order valence-corrected chi connectivity index (χ2v) is 7.35. The van der Waals surface area contributed by atoms with Gasteiger partial charge in [0.15, 0.2) is 0 Å². The summed E-state index contributed by atoms with van der Waals surface area (Å²) < 4.78 is 13.6. The van der Waals surface area contributed by atoms with Crippen LogP contribution >= 0.6 is 0 Å². The van der Waals surface area contributed by atoms with Crippen molar-refractivity contribution < 1.29 is 14.0 Å². The van der Waals surface area contributed by atoms with Crippen LogP contribution in [0.25, 0.3) is 0 Å². The summed E-state index contributed by atoms with van der Waals surface area (Å²) in [6.07, 6.45) is 8.16. The Balaban J connectivity index is 1.55. The molecule has 0 heterocycles. The summed E-state index contributed by atoms with van der Waals surface area (Å²) in [6.45, 7) is 0.328. The standard InChI is InChI=1S/C20H27FN2O2/c21-16-7-5-6-15(14-16)20(11-3-4-12-20)19(25)22-13-10-18(24)23-17-8-1-2-9-17/h5-7,14,17H,1-4,8-13H2,(H,22,25)(H,23,24). The van der Waals surface area contributed by atoms with Crippen LogP contribution in [-0.4, -0.2) is 24.4 Å². The summed E-state index contributed by atoms with van der Waals surface area (Å²) >= 11 is 0. The summed E-state index contributed by atoms with van der Waals surface area (Å²) in [4.78, 5) is 24.8. The Morgan fingerprint density at radius 2 is 1.84 bits per heavy atom. The Morgan fingerprint density at radius 1 is 1.12 bits per heavy atom. The summed E-state index contributed by atoms with van der Waals surface area (Å²) in [5.74, 6) is -0.393. The lowest BCUT2D eigenvalue weighted by Crippen LogP contribution is -2.44. The van der Waals surface area contributed by atoms with E-state index in [9.17, 15) is 14.0 Å². The highest BCUT2D eigenvalue weighted by atomic mass is 19.1. The van der Waals surface area contributed by atoms with Gasteiger partial charge in [-0.3, -0.25) is 9.59 Å². The van der Waals surface area contributed by atoms with Crippen molar-refractivity contribution >= 4 is 11.8 Å². The second kappa shape index (κ2) is 7.98. The molecule has 2 N–H and O–H groups in total. The van der Waals surface area contributed by atoms with Crippen LogP contribution in [0.1, 0.15) is 63.4 Å². The van der Waals surface area contributed by atoms with Crippen LogP contribution in [0.15, 0.2) is 24.3 Å². The van der Waals surface area contributed by atoms with Gasteiger partial charge in [-0.25, -0.2) is 4.39 Å². The summed E-state index contributed by atoms with van der Waals surface area (Å²) in [7, 11) is 0. The van der Waals surface area contributed by atoms with E-state index in [0.717, 1.165) is 44.1 Å². The Morgan fingerprint density at radius 3 is 2.52 bits per heavy atom. The summed E-state index contributed by atoms with van der Waals surface area (Å²) in [5.41, 5.74) is 0.0993. The molecule has 2 saturated carbocycles. The van der Waals surface area contributed by atoms with Crippen molar-refractivity contribution in [2.24, 2.45) is 0 Å². The van der Waals surface area contributed by atoms with Gasteiger partial charge in [0.1, 0.15) is 5.82 Å². The first-order chi connectivity index (χ1) is 12.1. The van der Waals surface area contributed by atoms with E-state index in [0.29, 0.717) is 19.0 Å². The first-order valence-corrected chi connectivity index (χ1v) is 9.44. The average molecular weight is 346 g/mol. The summed E-state index contributed by atoms with van der Waals surface area (Å²) in [5, 5.41) is 5.95. The highest BCUT2D eigenvalue weighted by Crippen LogP contribution is 2.41. The second-order valence-electron chi connectivity index (χ2n) is 7.35. The molecular formula is C20H27FN2O2. The zero-order chi connectivity index (χ0) is 17.7. The van der Waals surface area contributed by atoms with E-state index in [2.05, 4.69) is 10.6 Å². The summed E-state index contributed by atoms with van der Waals surface area (Å²) in [6, 6.07) is 6.67. The lowest BCUT2D eigenvalue weighted by Gasteiger charge is -2.28. The van der Waals surface area contributed by atoms with Crippen molar-refractivity contribution in [2.75, 3.05) is 6.54 Å². The average Bonchev–Trinajstić information content (AvgIpc) is 3.27. The molecule has 136 valence electrons. The molecule has 2 aliphatic carbocycles. The monoisotopic (exact) mass is 346 g/mol. The molecule has 3 rings (SSSR count). The maximum Gasteiger partial charge on any atom is 0.230 e. The number of hydrogen-bond acceptors (Lipinski definition) is 2. The Bertz CT molecular complexity index is 620. The first kappa shape index (κ1) is 17.9. The highest BCUT2D eigenvalue weighted by Gasteiger charge is 2.42. The first-order valence-electron chi connectivity index (χ1n) is 9.44. The van der Waals surface area contributed by atoms with E-state index in [1.165, 1.54) is 25.0 Å². The topological polar surface area (TPSA) is 58.2 Å². The molecular weight excluding hydrogens is 319 g/mol. The SMILES string of the molecule is O=C(CCNC(=O)C1(c2cccc(F)c2)CCCC1)NC1CCCC1. The zero-order valence-corrected chi connectivity index (χ0v) is 14.7. The molecule has 0 bridgehead atoms. The van der Waals surface area contributed by atoms with Crippen molar-refractivity contribution in [1.82, 2.24) is 10.6 Å². The molecule has 1 aromatic rings. The molecule has 0 aliphatic heterocycles. The maximum absolute atomic E-state index is 13.6. The third-order valence-electron chi connectivity index (χ3n) is 5.63. The normalized spacial score (nSPS) is 19.7. The van der Waals surface area contributed by atoms with Gasteiger partial charge in [0.05, 0.1) is 5.41 Å². The minimum Gasteiger partial charge on any atom is -0.355 e. The Kier molecular flexibility index (Phi) is 5.71. The number of carbonyl (C=O) groups is 2. The van der Waals surface area contributed by atoms with Crippen LogP contribution in [0.2, 0.25) is 0 Å².